The van der Waals surface area contributed by atoms with Crippen LogP contribution in [0.4, 0.5) is 0 Å². The molecule has 0 aromatic heterocycles. The topological polar surface area (TPSA) is 95.7 Å². The molecule has 1 atom stereocenters. The highest BCUT2D eigenvalue weighted by Crippen LogP contribution is 2.35. The van der Waals surface area contributed by atoms with Crippen molar-refractivity contribution in [2.75, 3.05) is 0 Å². The highest BCUT2D eigenvalue weighted by atomic mass is 16.6. The zero-order valence-corrected chi connectivity index (χ0v) is 14.2. The van der Waals surface area contributed by atoms with Gasteiger partial charge in [-0.15, -0.1) is 0 Å². The fraction of sp³-hybridized carbons (Fsp3) is 0.333. The molecule has 0 saturated heterocycles. The van der Waals surface area contributed by atoms with Crippen molar-refractivity contribution >= 4 is 11.8 Å². The van der Waals surface area contributed by atoms with Gasteiger partial charge in [-0.1, -0.05) is 30.3 Å². The van der Waals surface area contributed by atoms with Crippen LogP contribution in [0.2, 0.25) is 0 Å². The predicted octanol–water partition coefficient (Wildman–Crippen LogP) is 2.51. The summed E-state index contributed by atoms with van der Waals surface area (Å²) in [6.45, 7) is 6.48. The summed E-state index contributed by atoms with van der Waals surface area (Å²) in [5.41, 5.74) is 3.08. The molecule has 0 amide bonds. The summed E-state index contributed by atoms with van der Waals surface area (Å²) in [5, 5.41) is 13.1. The van der Waals surface area contributed by atoms with Gasteiger partial charge in [-0.2, -0.15) is 0 Å². The van der Waals surface area contributed by atoms with Crippen molar-refractivity contribution in [1.29, 1.82) is 0 Å². The van der Waals surface area contributed by atoms with Crippen molar-refractivity contribution in [3.8, 4) is 0 Å². The quantitative estimate of drug-likeness (QED) is 0.520. The van der Waals surface area contributed by atoms with Gasteiger partial charge < -0.3 is 20.7 Å². The number of ether oxygens (including phenoxy) is 1. The second-order valence-electron chi connectivity index (χ2n) is 6.63. The first-order valence-electron chi connectivity index (χ1n) is 7.56. The highest BCUT2D eigenvalue weighted by Gasteiger charge is 2.53. The van der Waals surface area contributed by atoms with E-state index in [1.54, 1.807) is 39.0 Å². The molecule has 1 unspecified atom stereocenters. The molecule has 1 aliphatic rings. The molecule has 24 heavy (non-hydrogen) atoms. The number of benzene rings is 1. The number of rotatable bonds is 3. The molecular weight excluding hydrogens is 308 g/mol. The van der Waals surface area contributed by atoms with Gasteiger partial charge in [0.2, 0.25) is 11.3 Å². The molecule has 2 N–H and O–H groups in total. The van der Waals surface area contributed by atoms with E-state index in [1.165, 1.54) is 31.2 Å². The van der Waals surface area contributed by atoms with E-state index in [0.29, 0.717) is 5.06 Å². The van der Waals surface area contributed by atoms with Crippen LogP contribution in [0.1, 0.15) is 38.1 Å². The second kappa shape index (κ2) is 6.13. The largest absolute Gasteiger partial charge is 0.757 e. The monoisotopic (exact) mass is 329 g/mol. The molecule has 1 heterocycles. The minimum absolute atomic E-state index is 0.161. The lowest BCUT2D eigenvalue weighted by Crippen LogP contribution is -2.63. The lowest BCUT2D eigenvalue weighted by molar-refractivity contribution is -0.162. The number of ketones is 1. The van der Waals surface area contributed by atoms with Crippen molar-refractivity contribution in [3.63, 3.8) is 0 Å². The number of esters is 1. The number of carbonyl (C=O) groups is 2. The molecule has 0 aliphatic carbocycles. The first-order chi connectivity index (χ1) is 11.1. The maximum atomic E-state index is 13.1. The molecule has 0 saturated carbocycles. The Morgan fingerprint density at radius 2 is 1.75 bits per heavy atom. The summed E-state index contributed by atoms with van der Waals surface area (Å²) in [6.07, 6.45) is 2.86. The highest BCUT2D eigenvalue weighted by molar-refractivity contribution is 6.19. The van der Waals surface area contributed by atoms with Gasteiger partial charge >= 0.3 is 5.97 Å². The van der Waals surface area contributed by atoms with Gasteiger partial charge in [0.15, 0.2) is 0 Å². The average molecular weight is 329 g/mol. The molecule has 1 aromatic carbocycles. The summed E-state index contributed by atoms with van der Waals surface area (Å²) < 4.78 is 5.36. The van der Waals surface area contributed by atoms with Crippen molar-refractivity contribution < 1.29 is 14.3 Å². The minimum atomic E-state index is -2.26. The molecule has 0 spiro atoms. The first-order valence-corrected chi connectivity index (χ1v) is 7.56. The van der Waals surface area contributed by atoms with E-state index in [0.717, 1.165) is 0 Å². The number of hydrogen-bond donors (Lipinski definition) is 1. The van der Waals surface area contributed by atoms with Crippen LogP contribution in [0.15, 0.2) is 53.9 Å². The number of nitrogens with zero attached hydrogens (tertiary/aromatic N) is 1. The van der Waals surface area contributed by atoms with E-state index in [-0.39, 0.29) is 17.0 Å². The fourth-order valence-electron chi connectivity index (χ4n) is 2.45. The van der Waals surface area contributed by atoms with E-state index in [1.807, 2.05) is 0 Å². The van der Waals surface area contributed by atoms with E-state index >= 15 is 0 Å². The third kappa shape index (κ3) is 2.92. The zero-order chi connectivity index (χ0) is 18.1. The van der Waals surface area contributed by atoms with Gasteiger partial charge in [-0.3, -0.25) is 4.79 Å². The van der Waals surface area contributed by atoms with Crippen LogP contribution in [0, 0.1) is 5.21 Å². The molecule has 128 valence electrons. The van der Waals surface area contributed by atoms with Gasteiger partial charge in [0.1, 0.15) is 5.60 Å². The van der Waals surface area contributed by atoms with Crippen molar-refractivity contribution in [3.05, 3.63) is 64.6 Å². The van der Waals surface area contributed by atoms with Gasteiger partial charge in [0.25, 0.3) is 0 Å². The third-order valence-electron chi connectivity index (χ3n) is 3.61. The van der Waals surface area contributed by atoms with Crippen LogP contribution < -0.4 is 5.73 Å². The maximum absolute atomic E-state index is 13.1. The minimum Gasteiger partial charge on any atom is -0.757 e. The van der Waals surface area contributed by atoms with Gasteiger partial charge in [0, 0.05) is 11.3 Å². The van der Waals surface area contributed by atoms with Gasteiger partial charge in [0.05, 0.1) is 5.70 Å². The van der Waals surface area contributed by atoms with Crippen molar-refractivity contribution in [2.24, 2.45) is 5.73 Å². The Morgan fingerprint density at radius 1 is 1.17 bits per heavy atom. The predicted molar refractivity (Wildman–Crippen MR) is 90.6 cm³/mol. The van der Waals surface area contributed by atoms with E-state index in [9.17, 15) is 14.8 Å². The third-order valence-corrected chi connectivity index (χ3v) is 3.61. The molecule has 0 bridgehead atoms. The summed E-state index contributed by atoms with van der Waals surface area (Å²) >= 11 is 0. The number of carbonyl (C=O) groups excluding carboxylic acids is 2. The van der Waals surface area contributed by atoms with Crippen molar-refractivity contribution in [1.82, 2.24) is 5.06 Å². The number of Topliss-reactive ketones (excluding diaryl/α,β-unsaturated/α-hetero) is 1. The van der Waals surface area contributed by atoms with E-state index in [4.69, 9.17) is 10.5 Å². The molecule has 0 fully saturated rings. The normalized spacial score (nSPS) is 21.0. The Kier molecular flexibility index (Phi) is 4.53. The zero-order valence-electron chi connectivity index (χ0n) is 14.2. The van der Waals surface area contributed by atoms with Crippen LogP contribution in [0.25, 0.3) is 0 Å². The second-order valence-corrected chi connectivity index (χ2v) is 6.63. The molecule has 6 heteroatoms. The summed E-state index contributed by atoms with van der Waals surface area (Å²) in [6, 6.07) is 8.09. The van der Waals surface area contributed by atoms with Crippen LogP contribution in [0.3, 0.4) is 0 Å². The summed E-state index contributed by atoms with van der Waals surface area (Å²) in [5.74, 6) is -1.70. The van der Waals surface area contributed by atoms with Crippen molar-refractivity contribution in [2.45, 2.75) is 38.8 Å². The molecule has 1 aromatic rings. The molecule has 6 nitrogen and oxygen atoms in total. The Bertz CT molecular complexity index is 716. The van der Waals surface area contributed by atoms with E-state index in [2.05, 4.69) is 0 Å². The molecule has 0 radical (unpaired) electrons. The lowest BCUT2D eigenvalue weighted by atomic mass is 9.83. The standard InChI is InChI=1S/C18H21N2O4/c1-12-10-11-14(19)18(20(12)23,16(22)24-17(2,3)4)15(21)13-8-6-5-7-9-13/h5-11H,19H2,1-4H3/q-1. The fourth-order valence-corrected chi connectivity index (χ4v) is 2.45. The number of allylic oxidation sites excluding steroid dienone is 3. The first kappa shape index (κ1) is 17.7. The molecule has 2 rings (SSSR count). The number of hydrogen-bond acceptors (Lipinski definition) is 6. The van der Waals surface area contributed by atoms with E-state index < -0.39 is 22.9 Å². The Morgan fingerprint density at radius 3 is 2.29 bits per heavy atom. The summed E-state index contributed by atoms with van der Waals surface area (Å²) in [4.78, 5) is 26.0. The SMILES string of the molecule is CC1=CC=C(N)C(C(=O)OC(C)(C)C)(C(=O)c2ccccc2)N1[O-]. The van der Waals surface area contributed by atoms with Crippen LogP contribution in [0.5, 0.6) is 0 Å². The molecule has 1 aliphatic heterocycles. The van der Waals surface area contributed by atoms with Crippen LogP contribution >= 0.6 is 0 Å². The average Bonchev–Trinajstić information content (AvgIpc) is 2.51. The molecular formula is C18H21N2O4-. The lowest BCUT2D eigenvalue weighted by Gasteiger charge is -2.49. The number of nitrogens with two attached hydrogens (primary N) is 1. The Balaban J connectivity index is 2.63. The summed E-state index contributed by atoms with van der Waals surface area (Å²) in [7, 11) is 0. The van der Waals surface area contributed by atoms with Gasteiger partial charge in [-0.25, -0.2) is 4.79 Å². The smallest absolute Gasteiger partial charge is 0.346 e. The Labute approximate surface area is 141 Å². The van der Waals surface area contributed by atoms with Crippen LogP contribution in [-0.4, -0.2) is 28.0 Å². The van der Waals surface area contributed by atoms with Crippen LogP contribution in [-0.2, 0) is 9.53 Å². The maximum Gasteiger partial charge on any atom is 0.346 e. The number of hydroxylamine groups is 2. The van der Waals surface area contributed by atoms with Gasteiger partial charge in [-0.05, 0) is 39.8 Å². The Hall–Kier alpha value is -2.60.